The molecule has 3 nitrogen and oxygen atoms in total. The SMILES string of the molecule is CCNC(c1c(C)cc(C)cc1F)C1(OC)CCOCC1. The van der Waals surface area contributed by atoms with Crippen LogP contribution in [0.3, 0.4) is 0 Å². The van der Waals surface area contributed by atoms with Crippen molar-refractivity contribution in [3.63, 3.8) is 0 Å². The molecule has 21 heavy (non-hydrogen) atoms. The van der Waals surface area contributed by atoms with Crippen LogP contribution in [0.15, 0.2) is 12.1 Å². The zero-order valence-corrected chi connectivity index (χ0v) is 13.5. The zero-order valence-electron chi connectivity index (χ0n) is 13.5. The first-order valence-electron chi connectivity index (χ1n) is 7.67. The molecular weight excluding hydrogens is 269 g/mol. The average molecular weight is 295 g/mol. The molecule has 1 aromatic carbocycles. The number of hydrogen-bond acceptors (Lipinski definition) is 3. The van der Waals surface area contributed by atoms with Gasteiger partial charge in [-0.15, -0.1) is 0 Å². The summed E-state index contributed by atoms with van der Waals surface area (Å²) in [5.74, 6) is -0.152. The second kappa shape index (κ2) is 6.86. The molecule has 0 spiro atoms. The van der Waals surface area contributed by atoms with Crippen LogP contribution < -0.4 is 5.32 Å². The molecule has 0 amide bonds. The van der Waals surface area contributed by atoms with Crippen LogP contribution in [0, 0.1) is 19.7 Å². The van der Waals surface area contributed by atoms with E-state index in [4.69, 9.17) is 9.47 Å². The smallest absolute Gasteiger partial charge is 0.128 e. The molecule has 2 rings (SSSR count). The van der Waals surface area contributed by atoms with Crippen molar-refractivity contribution in [2.75, 3.05) is 26.9 Å². The van der Waals surface area contributed by atoms with Gasteiger partial charge in [-0.3, -0.25) is 0 Å². The fraction of sp³-hybridized carbons (Fsp3) is 0.647. The number of hydrogen-bond donors (Lipinski definition) is 1. The van der Waals surface area contributed by atoms with E-state index in [1.54, 1.807) is 13.2 Å². The van der Waals surface area contributed by atoms with Gasteiger partial charge in [-0.1, -0.05) is 13.0 Å². The lowest BCUT2D eigenvalue weighted by Crippen LogP contribution is -2.49. The van der Waals surface area contributed by atoms with Crippen LogP contribution in [-0.4, -0.2) is 32.5 Å². The van der Waals surface area contributed by atoms with Gasteiger partial charge < -0.3 is 14.8 Å². The van der Waals surface area contributed by atoms with Crippen LogP contribution in [0.2, 0.25) is 0 Å². The normalized spacial score (nSPS) is 19.5. The first-order valence-corrected chi connectivity index (χ1v) is 7.67. The Balaban J connectivity index is 2.47. The van der Waals surface area contributed by atoms with Crippen molar-refractivity contribution >= 4 is 0 Å². The van der Waals surface area contributed by atoms with E-state index >= 15 is 0 Å². The predicted octanol–water partition coefficient (Wildman–Crippen LogP) is 3.29. The van der Waals surface area contributed by atoms with E-state index < -0.39 is 5.60 Å². The van der Waals surface area contributed by atoms with Crippen molar-refractivity contribution in [1.29, 1.82) is 0 Å². The Morgan fingerprint density at radius 3 is 2.52 bits per heavy atom. The van der Waals surface area contributed by atoms with Gasteiger partial charge in [0, 0.05) is 38.7 Å². The number of benzene rings is 1. The number of ether oxygens (including phenoxy) is 2. The van der Waals surface area contributed by atoms with Crippen LogP contribution in [0.4, 0.5) is 4.39 Å². The molecule has 0 aliphatic carbocycles. The first-order chi connectivity index (χ1) is 10.0. The number of nitrogens with one attached hydrogen (secondary N) is 1. The Morgan fingerprint density at radius 1 is 1.33 bits per heavy atom. The number of aryl methyl sites for hydroxylation is 2. The van der Waals surface area contributed by atoms with E-state index in [9.17, 15) is 4.39 Å². The van der Waals surface area contributed by atoms with E-state index in [1.165, 1.54) is 0 Å². The molecular formula is C17H26FNO2. The minimum Gasteiger partial charge on any atom is -0.381 e. The van der Waals surface area contributed by atoms with Crippen LogP contribution in [0.25, 0.3) is 0 Å². The topological polar surface area (TPSA) is 30.5 Å². The van der Waals surface area contributed by atoms with Gasteiger partial charge in [0.2, 0.25) is 0 Å². The maximum Gasteiger partial charge on any atom is 0.128 e. The van der Waals surface area contributed by atoms with Crippen molar-refractivity contribution in [1.82, 2.24) is 5.32 Å². The summed E-state index contributed by atoms with van der Waals surface area (Å²) in [4.78, 5) is 0. The second-order valence-corrected chi connectivity index (χ2v) is 5.85. The molecule has 4 heteroatoms. The largest absolute Gasteiger partial charge is 0.381 e. The van der Waals surface area contributed by atoms with E-state index in [2.05, 4.69) is 5.32 Å². The molecule has 1 saturated heterocycles. The van der Waals surface area contributed by atoms with E-state index in [0.29, 0.717) is 13.2 Å². The summed E-state index contributed by atoms with van der Waals surface area (Å²) >= 11 is 0. The first kappa shape index (κ1) is 16.4. The molecule has 118 valence electrons. The molecule has 0 bridgehead atoms. The highest BCUT2D eigenvalue weighted by Gasteiger charge is 2.42. The quantitative estimate of drug-likeness (QED) is 0.904. The molecule has 1 N–H and O–H groups in total. The molecule has 1 aliphatic heterocycles. The van der Waals surface area contributed by atoms with Crippen molar-refractivity contribution in [3.05, 3.63) is 34.6 Å². The van der Waals surface area contributed by atoms with Gasteiger partial charge in [-0.25, -0.2) is 4.39 Å². The van der Waals surface area contributed by atoms with Gasteiger partial charge >= 0.3 is 0 Å². The molecule has 0 radical (unpaired) electrons. The standard InChI is InChI=1S/C17H26FNO2/c1-5-19-16(17(20-4)6-8-21-9-7-17)15-13(3)10-12(2)11-14(15)18/h10-11,16,19H,5-9H2,1-4H3. The zero-order chi connectivity index (χ0) is 15.5. The van der Waals surface area contributed by atoms with Gasteiger partial charge in [0.25, 0.3) is 0 Å². The summed E-state index contributed by atoms with van der Waals surface area (Å²) in [7, 11) is 1.72. The van der Waals surface area contributed by atoms with Crippen LogP contribution in [-0.2, 0) is 9.47 Å². The number of methoxy groups -OCH3 is 1. The highest BCUT2D eigenvalue weighted by molar-refractivity contribution is 5.36. The summed E-state index contributed by atoms with van der Waals surface area (Å²) in [5.41, 5.74) is 2.24. The number of halogens is 1. The average Bonchev–Trinajstić information content (AvgIpc) is 2.46. The van der Waals surface area contributed by atoms with E-state index in [1.807, 2.05) is 26.8 Å². The summed E-state index contributed by atoms with van der Waals surface area (Å²) in [5, 5.41) is 3.44. The van der Waals surface area contributed by atoms with Crippen molar-refractivity contribution in [3.8, 4) is 0 Å². The molecule has 1 heterocycles. The fourth-order valence-electron chi connectivity index (χ4n) is 3.38. The van der Waals surface area contributed by atoms with E-state index in [-0.39, 0.29) is 11.9 Å². The summed E-state index contributed by atoms with van der Waals surface area (Å²) in [6, 6.07) is 3.48. The number of rotatable bonds is 5. The Bertz CT molecular complexity index is 461. The lowest BCUT2D eigenvalue weighted by atomic mass is 9.80. The van der Waals surface area contributed by atoms with Crippen LogP contribution in [0.1, 0.15) is 42.5 Å². The molecule has 0 aromatic heterocycles. The molecule has 1 fully saturated rings. The maximum absolute atomic E-state index is 14.6. The highest BCUT2D eigenvalue weighted by atomic mass is 19.1. The van der Waals surface area contributed by atoms with Crippen LogP contribution in [0.5, 0.6) is 0 Å². The maximum atomic E-state index is 14.6. The Morgan fingerprint density at radius 2 is 2.00 bits per heavy atom. The fourth-order valence-corrected chi connectivity index (χ4v) is 3.38. The summed E-state index contributed by atoms with van der Waals surface area (Å²) < 4.78 is 26.0. The molecule has 1 atom stereocenters. The predicted molar refractivity (Wildman–Crippen MR) is 82.1 cm³/mol. The molecule has 1 aliphatic rings. The Hall–Kier alpha value is -0.970. The monoisotopic (exact) mass is 295 g/mol. The third-order valence-electron chi connectivity index (χ3n) is 4.45. The summed E-state index contributed by atoms with van der Waals surface area (Å²) in [6.07, 6.45) is 1.54. The molecule has 1 unspecified atom stereocenters. The van der Waals surface area contributed by atoms with Crippen LogP contribution >= 0.6 is 0 Å². The third-order valence-corrected chi connectivity index (χ3v) is 4.45. The van der Waals surface area contributed by atoms with Crippen molar-refractivity contribution in [2.45, 2.75) is 45.3 Å². The van der Waals surface area contributed by atoms with Gasteiger partial charge in [0.05, 0.1) is 11.6 Å². The minimum atomic E-state index is -0.408. The lowest BCUT2D eigenvalue weighted by molar-refractivity contribution is -0.112. The van der Waals surface area contributed by atoms with Gasteiger partial charge in [0.1, 0.15) is 5.82 Å². The summed E-state index contributed by atoms with van der Waals surface area (Å²) in [6.45, 7) is 8.01. The van der Waals surface area contributed by atoms with Gasteiger partial charge in [-0.2, -0.15) is 0 Å². The van der Waals surface area contributed by atoms with Gasteiger partial charge in [-0.05, 0) is 37.6 Å². The van der Waals surface area contributed by atoms with Crippen molar-refractivity contribution < 1.29 is 13.9 Å². The number of likely N-dealkylation sites (N-methyl/N-ethyl adjacent to an activating group) is 1. The second-order valence-electron chi connectivity index (χ2n) is 5.85. The lowest BCUT2D eigenvalue weighted by Gasteiger charge is -2.43. The van der Waals surface area contributed by atoms with Gasteiger partial charge in [0.15, 0.2) is 0 Å². The van der Waals surface area contributed by atoms with E-state index in [0.717, 1.165) is 36.1 Å². The Kier molecular flexibility index (Phi) is 5.36. The molecule has 1 aromatic rings. The third kappa shape index (κ3) is 3.28. The minimum absolute atomic E-state index is 0.152. The van der Waals surface area contributed by atoms with Crippen molar-refractivity contribution in [2.24, 2.45) is 0 Å². The Labute approximate surface area is 126 Å². The highest BCUT2D eigenvalue weighted by Crippen LogP contribution is 2.39. The molecule has 0 saturated carbocycles.